The summed E-state index contributed by atoms with van der Waals surface area (Å²) in [6, 6.07) is 64.2. The molecule has 3 nitrogen and oxygen atoms in total. The molecule has 0 aliphatic rings. The standard InChI is InChI=1S/C47H30N2O/c1-4-13-31(14-5-1)35-28-41(32-15-6-2-7-16-32)48-42(29-35)38-20-12-22-45-47(38)39-25-23-34(30-46(39)50-45)33-24-26-44-40(27-33)37-19-10-11-21-43(37)49(44)36-17-8-3-9-18-36/h1-30H. The summed E-state index contributed by atoms with van der Waals surface area (Å²) in [5.74, 6) is 0. The van der Waals surface area contributed by atoms with Gasteiger partial charge in [0, 0.05) is 38.4 Å². The van der Waals surface area contributed by atoms with Crippen LogP contribution in [0.25, 0.3) is 94.2 Å². The van der Waals surface area contributed by atoms with Gasteiger partial charge in [-0.05, 0) is 82.9 Å². The molecule has 234 valence electrons. The number of furan rings is 1. The second-order valence-electron chi connectivity index (χ2n) is 12.8. The second kappa shape index (κ2) is 11.5. The highest BCUT2D eigenvalue weighted by molar-refractivity contribution is 6.14. The monoisotopic (exact) mass is 638 g/mol. The molecule has 3 heteroatoms. The van der Waals surface area contributed by atoms with Crippen LogP contribution in [0.15, 0.2) is 186 Å². The third-order valence-electron chi connectivity index (χ3n) is 9.80. The summed E-state index contributed by atoms with van der Waals surface area (Å²) in [4.78, 5) is 5.24. The largest absolute Gasteiger partial charge is 0.456 e. The molecule has 3 heterocycles. The van der Waals surface area contributed by atoms with E-state index in [0.29, 0.717) is 0 Å². The van der Waals surface area contributed by atoms with Gasteiger partial charge in [-0.1, -0.05) is 121 Å². The maximum atomic E-state index is 6.59. The lowest BCUT2D eigenvalue weighted by Gasteiger charge is -2.11. The van der Waals surface area contributed by atoms with Crippen LogP contribution in [-0.4, -0.2) is 9.55 Å². The van der Waals surface area contributed by atoms with Crippen LogP contribution in [0.4, 0.5) is 0 Å². The third-order valence-corrected chi connectivity index (χ3v) is 9.80. The molecule has 0 N–H and O–H groups in total. The quantitative estimate of drug-likeness (QED) is 0.188. The molecular formula is C47H30N2O. The number of para-hydroxylation sites is 2. The van der Waals surface area contributed by atoms with Crippen molar-refractivity contribution in [3.8, 4) is 50.5 Å². The molecule has 0 saturated carbocycles. The van der Waals surface area contributed by atoms with Gasteiger partial charge in [-0.3, -0.25) is 0 Å². The topological polar surface area (TPSA) is 31.0 Å². The fraction of sp³-hybridized carbons (Fsp3) is 0. The van der Waals surface area contributed by atoms with Crippen LogP contribution in [-0.2, 0) is 0 Å². The van der Waals surface area contributed by atoms with Crippen molar-refractivity contribution in [1.82, 2.24) is 9.55 Å². The molecule has 7 aromatic carbocycles. The summed E-state index contributed by atoms with van der Waals surface area (Å²) < 4.78 is 8.94. The van der Waals surface area contributed by atoms with Crippen molar-refractivity contribution in [2.45, 2.75) is 0 Å². The molecule has 0 unspecified atom stereocenters. The molecule has 0 aliphatic heterocycles. The van der Waals surface area contributed by atoms with Gasteiger partial charge in [-0.15, -0.1) is 0 Å². The lowest BCUT2D eigenvalue weighted by atomic mass is 9.97. The highest BCUT2D eigenvalue weighted by atomic mass is 16.3. The van der Waals surface area contributed by atoms with E-state index in [4.69, 9.17) is 9.40 Å². The van der Waals surface area contributed by atoms with E-state index in [1.807, 2.05) is 6.07 Å². The average Bonchev–Trinajstić information content (AvgIpc) is 3.74. The minimum Gasteiger partial charge on any atom is -0.456 e. The molecule has 0 saturated heterocycles. The number of rotatable bonds is 5. The Balaban J connectivity index is 1.12. The smallest absolute Gasteiger partial charge is 0.136 e. The molecular weight excluding hydrogens is 609 g/mol. The van der Waals surface area contributed by atoms with Crippen molar-refractivity contribution in [2.24, 2.45) is 0 Å². The first kappa shape index (κ1) is 28.3. The Labute approximate surface area is 289 Å². The predicted molar refractivity (Wildman–Crippen MR) is 208 cm³/mol. The SMILES string of the molecule is c1ccc(-c2cc(-c3ccccc3)nc(-c3cccc4oc5cc(-c6ccc7c(c6)c6ccccc6n7-c6ccccc6)ccc5c34)c2)cc1. The van der Waals surface area contributed by atoms with Crippen molar-refractivity contribution < 1.29 is 4.42 Å². The summed E-state index contributed by atoms with van der Waals surface area (Å²) in [5, 5.41) is 4.62. The maximum absolute atomic E-state index is 6.59. The van der Waals surface area contributed by atoms with E-state index < -0.39 is 0 Å². The summed E-state index contributed by atoms with van der Waals surface area (Å²) >= 11 is 0. The van der Waals surface area contributed by atoms with Gasteiger partial charge in [0.25, 0.3) is 0 Å². The van der Waals surface area contributed by atoms with Gasteiger partial charge in [-0.25, -0.2) is 4.98 Å². The fourth-order valence-corrected chi connectivity index (χ4v) is 7.45. The Hall–Kier alpha value is -6.71. The van der Waals surface area contributed by atoms with E-state index >= 15 is 0 Å². The molecule has 50 heavy (non-hydrogen) atoms. The van der Waals surface area contributed by atoms with Gasteiger partial charge in [-0.2, -0.15) is 0 Å². The fourth-order valence-electron chi connectivity index (χ4n) is 7.45. The maximum Gasteiger partial charge on any atom is 0.136 e. The van der Waals surface area contributed by atoms with E-state index in [1.165, 1.54) is 21.8 Å². The summed E-state index contributed by atoms with van der Waals surface area (Å²) in [5.41, 5.74) is 13.8. The van der Waals surface area contributed by atoms with Crippen LogP contribution in [0.2, 0.25) is 0 Å². The molecule has 0 spiro atoms. The van der Waals surface area contributed by atoms with Gasteiger partial charge in [0.15, 0.2) is 0 Å². The number of nitrogens with zero attached hydrogens (tertiary/aromatic N) is 2. The Morgan fingerprint density at radius 3 is 1.86 bits per heavy atom. The first-order chi connectivity index (χ1) is 24.8. The number of hydrogen-bond acceptors (Lipinski definition) is 2. The van der Waals surface area contributed by atoms with E-state index in [0.717, 1.165) is 72.4 Å². The molecule has 0 atom stereocenters. The van der Waals surface area contributed by atoms with E-state index in [-0.39, 0.29) is 0 Å². The Morgan fingerprint density at radius 1 is 0.380 bits per heavy atom. The van der Waals surface area contributed by atoms with Crippen LogP contribution >= 0.6 is 0 Å². The molecule has 0 bridgehead atoms. The molecule has 10 rings (SSSR count). The van der Waals surface area contributed by atoms with Crippen LogP contribution in [0, 0.1) is 0 Å². The normalized spacial score (nSPS) is 11.6. The van der Waals surface area contributed by atoms with Crippen molar-refractivity contribution in [1.29, 1.82) is 0 Å². The third kappa shape index (κ3) is 4.63. The zero-order valence-corrected chi connectivity index (χ0v) is 27.1. The molecule has 0 amide bonds. The molecule has 0 aliphatic carbocycles. The molecule has 0 fully saturated rings. The Kier molecular flexibility index (Phi) is 6.49. The highest BCUT2D eigenvalue weighted by Gasteiger charge is 2.18. The highest BCUT2D eigenvalue weighted by Crippen LogP contribution is 2.41. The predicted octanol–water partition coefficient (Wildman–Crippen LogP) is 12.7. The lowest BCUT2D eigenvalue weighted by Crippen LogP contribution is -1.92. The van der Waals surface area contributed by atoms with Crippen molar-refractivity contribution in [2.75, 3.05) is 0 Å². The van der Waals surface area contributed by atoms with E-state index in [1.54, 1.807) is 0 Å². The average molecular weight is 639 g/mol. The van der Waals surface area contributed by atoms with Gasteiger partial charge in [0.05, 0.1) is 22.4 Å². The number of benzene rings is 7. The summed E-state index contributed by atoms with van der Waals surface area (Å²) in [6.45, 7) is 0. The number of pyridine rings is 1. The Morgan fingerprint density at radius 2 is 1.04 bits per heavy atom. The van der Waals surface area contributed by atoms with E-state index in [9.17, 15) is 0 Å². The molecule has 0 radical (unpaired) electrons. The van der Waals surface area contributed by atoms with Gasteiger partial charge < -0.3 is 8.98 Å². The van der Waals surface area contributed by atoms with Crippen molar-refractivity contribution in [3.05, 3.63) is 182 Å². The Bertz CT molecular complexity index is 2790. The lowest BCUT2D eigenvalue weighted by molar-refractivity contribution is 0.669. The van der Waals surface area contributed by atoms with Crippen LogP contribution in [0.5, 0.6) is 0 Å². The van der Waals surface area contributed by atoms with Crippen LogP contribution in [0.3, 0.4) is 0 Å². The zero-order chi connectivity index (χ0) is 33.0. The summed E-state index contributed by atoms with van der Waals surface area (Å²) in [7, 11) is 0. The second-order valence-corrected chi connectivity index (χ2v) is 12.8. The van der Waals surface area contributed by atoms with E-state index in [2.05, 4.69) is 180 Å². The summed E-state index contributed by atoms with van der Waals surface area (Å²) in [6.07, 6.45) is 0. The van der Waals surface area contributed by atoms with Crippen LogP contribution in [0.1, 0.15) is 0 Å². The zero-order valence-electron chi connectivity index (χ0n) is 27.1. The van der Waals surface area contributed by atoms with Gasteiger partial charge in [0.1, 0.15) is 11.2 Å². The minimum absolute atomic E-state index is 0.851. The van der Waals surface area contributed by atoms with Gasteiger partial charge in [0.2, 0.25) is 0 Å². The number of hydrogen-bond donors (Lipinski definition) is 0. The molecule has 10 aromatic rings. The number of aromatic nitrogens is 2. The number of fused-ring (bicyclic) bond motifs is 6. The van der Waals surface area contributed by atoms with Crippen LogP contribution < -0.4 is 0 Å². The van der Waals surface area contributed by atoms with Crippen molar-refractivity contribution in [3.63, 3.8) is 0 Å². The first-order valence-corrected chi connectivity index (χ1v) is 17.0. The van der Waals surface area contributed by atoms with Crippen molar-refractivity contribution >= 4 is 43.7 Å². The van der Waals surface area contributed by atoms with Gasteiger partial charge >= 0.3 is 0 Å². The molecule has 3 aromatic heterocycles. The minimum atomic E-state index is 0.851. The first-order valence-electron chi connectivity index (χ1n) is 17.0.